The highest BCUT2D eigenvalue weighted by molar-refractivity contribution is 5.86. The highest BCUT2D eigenvalue weighted by atomic mass is 16.3. The number of nitrogens with one attached hydrogen (secondary N) is 1. The summed E-state index contributed by atoms with van der Waals surface area (Å²) >= 11 is 0. The smallest absolute Gasteiger partial charge is 0.400 e. The van der Waals surface area contributed by atoms with Crippen LogP contribution in [0.5, 0.6) is 0 Å². The second-order valence-electron chi connectivity index (χ2n) is 10.0. The van der Waals surface area contributed by atoms with Crippen molar-refractivity contribution in [2.45, 2.75) is 39.0 Å². The van der Waals surface area contributed by atoms with Gasteiger partial charge in [-0.05, 0) is 34.4 Å². The first kappa shape index (κ1) is 26.8. The molecule has 40 heavy (non-hydrogen) atoms. The number of aromatic nitrogens is 2. The molecule has 0 amide bonds. The average Bonchev–Trinajstić information content (AvgIpc) is 2.98. The van der Waals surface area contributed by atoms with Gasteiger partial charge in [-0.3, -0.25) is 4.99 Å². The summed E-state index contributed by atoms with van der Waals surface area (Å²) in [7, 11) is 0. The summed E-state index contributed by atoms with van der Waals surface area (Å²) in [4.78, 5) is 7.61. The summed E-state index contributed by atoms with van der Waals surface area (Å²) in [5, 5.41) is 25.5. The quantitative estimate of drug-likeness (QED) is 0.174. The predicted octanol–water partition coefficient (Wildman–Crippen LogP) is 3.40. The first-order valence-electron chi connectivity index (χ1n) is 13.5. The Morgan fingerprint density at radius 1 is 0.750 bits per heavy atom. The fraction of sp³-hybridized carbons (Fsp3) is 0.176. The lowest BCUT2D eigenvalue weighted by Crippen LogP contribution is -2.75. The first-order valence-corrected chi connectivity index (χ1v) is 13.5. The van der Waals surface area contributed by atoms with E-state index in [1.54, 1.807) is 0 Å². The molecule has 200 valence electrons. The van der Waals surface area contributed by atoms with Gasteiger partial charge in [-0.2, -0.15) is 4.57 Å². The van der Waals surface area contributed by atoms with Crippen molar-refractivity contribution in [3.05, 3.63) is 133 Å². The van der Waals surface area contributed by atoms with Crippen LogP contribution in [0.4, 0.5) is 0 Å². The van der Waals surface area contributed by atoms with Gasteiger partial charge in [0.1, 0.15) is 0 Å². The highest BCUT2D eigenvalue weighted by Gasteiger charge is 2.16. The molecule has 6 nitrogen and oxygen atoms in total. The average molecular weight is 531 g/mol. The van der Waals surface area contributed by atoms with Crippen LogP contribution in [0, 0.1) is 0 Å². The maximum atomic E-state index is 12.7. The van der Waals surface area contributed by atoms with E-state index in [-0.39, 0.29) is 30.4 Å². The number of nitrogens with zero attached hydrogens (tertiary/aromatic N) is 3. The van der Waals surface area contributed by atoms with Crippen molar-refractivity contribution in [2.75, 3.05) is 0 Å². The van der Waals surface area contributed by atoms with E-state index in [9.17, 15) is 10.2 Å². The van der Waals surface area contributed by atoms with Gasteiger partial charge in [0, 0.05) is 42.7 Å². The van der Waals surface area contributed by atoms with Gasteiger partial charge in [0.15, 0.2) is 37.4 Å². The molecule has 2 heterocycles. The molecule has 2 atom stereocenters. The molecule has 2 N–H and O–H groups in total. The number of aliphatic imine (C=N–C) groups is 1. The van der Waals surface area contributed by atoms with E-state index in [4.69, 9.17) is 0 Å². The number of aliphatic hydroxyl groups is 1. The Labute approximate surface area is 234 Å². The minimum absolute atomic E-state index is 0.0122. The Hall–Kier alpha value is -4.84. The predicted molar refractivity (Wildman–Crippen MR) is 156 cm³/mol. The minimum atomic E-state index is -0.220. The fourth-order valence-corrected chi connectivity index (χ4v) is 4.90. The fourth-order valence-electron chi connectivity index (χ4n) is 4.90. The summed E-state index contributed by atoms with van der Waals surface area (Å²) in [5.74, 6) is 0.0462. The van der Waals surface area contributed by atoms with Crippen LogP contribution >= 0.6 is 0 Å². The number of fused-ring (bicyclic) bond motifs is 1. The van der Waals surface area contributed by atoms with Crippen LogP contribution in [0.3, 0.4) is 0 Å². The normalized spacial score (nSPS) is 13.8. The van der Waals surface area contributed by atoms with Crippen molar-refractivity contribution in [3.63, 3.8) is 0 Å². The lowest BCUT2D eigenvalue weighted by Gasteiger charge is -2.15. The van der Waals surface area contributed by atoms with Crippen molar-refractivity contribution in [2.24, 2.45) is 4.99 Å². The monoisotopic (exact) mass is 530 g/mol. The first-order chi connectivity index (χ1) is 19.5. The number of aliphatic hydroxyl groups excluding tert-OH is 1. The van der Waals surface area contributed by atoms with E-state index in [0.717, 1.165) is 33.0 Å². The van der Waals surface area contributed by atoms with Gasteiger partial charge < -0.3 is 10.2 Å². The molecule has 0 spiro atoms. The van der Waals surface area contributed by atoms with E-state index < -0.39 is 0 Å². The summed E-state index contributed by atoms with van der Waals surface area (Å²) < 4.78 is 3.77. The van der Waals surface area contributed by atoms with E-state index in [2.05, 4.69) is 28.2 Å². The largest absolute Gasteiger partial charge is 0.858 e. The molecule has 5 aromatic rings. The van der Waals surface area contributed by atoms with Gasteiger partial charge in [-0.25, -0.2) is 9.56 Å². The molecule has 5 rings (SSSR count). The maximum Gasteiger partial charge on any atom is 0.400 e. The SMILES string of the molecule is C[C@H](N=C([O-])C[n+]1ccc(-c2cc[n+](CC(O)=[NH+][C@@H](C)c3ccccc3)cc2)cc1)c1cccc2ccccc12. The standard InChI is InChI=1S/C34H32N4O2/c1-25(27-9-4-3-5-10-27)35-33(39)23-37-19-15-28(16-20-37)29-17-21-38(22-18-29)24-34(40)36-26(2)31-14-8-12-30-11-6-7-13-32(30)31/h3-22,25-26H,23-24H2,1-2H3/p+2/t25-,26-/m0/s1. The van der Waals surface area contributed by atoms with E-state index in [0.29, 0.717) is 6.54 Å². The van der Waals surface area contributed by atoms with Gasteiger partial charge in [0.05, 0.1) is 6.04 Å². The molecule has 0 aliphatic rings. The lowest BCUT2D eigenvalue weighted by molar-refractivity contribution is -0.691. The van der Waals surface area contributed by atoms with E-state index in [1.807, 2.05) is 127 Å². The summed E-state index contributed by atoms with van der Waals surface area (Å²) in [5.41, 5.74) is 4.26. The number of rotatable bonds is 9. The number of pyridine rings is 2. The third-order valence-electron chi connectivity index (χ3n) is 7.06. The molecule has 0 saturated carbocycles. The topological polar surface area (TPSA) is 77.4 Å². The van der Waals surface area contributed by atoms with Gasteiger partial charge in [-0.15, -0.1) is 0 Å². The number of hydrogen-bond donors (Lipinski definition) is 2. The molecular formula is C34H34N4O2+2. The lowest BCUT2D eigenvalue weighted by atomic mass is 10.00. The molecule has 6 heteroatoms. The zero-order chi connectivity index (χ0) is 27.9. The van der Waals surface area contributed by atoms with Crippen LogP contribution in [0.2, 0.25) is 0 Å². The number of benzene rings is 3. The third kappa shape index (κ3) is 6.59. The van der Waals surface area contributed by atoms with Crippen LogP contribution < -0.4 is 19.2 Å². The molecule has 0 saturated heterocycles. The molecule has 0 bridgehead atoms. The summed E-state index contributed by atoms with van der Waals surface area (Å²) in [6.07, 6.45) is 7.69. The van der Waals surface area contributed by atoms with Crippen molar-refractivity contribution < 1.29 is 24.3 Å². The number of hydrogen-bond acceptors (Lipinski definition) is 2. The van der Waals surface area contributed by atoms with Crippen LogP contribution in [0.25, 0.3) is 21.9 Å². The Morgan fingerprint density at radius 2 is 1.32 bits per heavy atom. The Balaban J connectivity index is 1.20. The molecule has 2 aromatic heterocycles. The summed E-state index contributed by atoms with van der Waals surface area (Å²) in [6, 6.07) is 32.1. The molecule has 0 aliphatic heterocycles. The molecule has 0 aliphatic carbocycles. The van der Waals surface area contributed by atoms with Gasteiger partial charge in [0.25, 0.3) is 6.54 Å². The zero-order valence-corrected chi connectivity index (χ0v) is 22.8. The third-order valence-corrected chi connectivity index (χ3v) is 7.06. The van der Waals surface area contributed by atoms with Gasteiger partial charge >= 0.3 is 5.90 Å². The second-order valence-corrected chi connectivity index (χ2v) is 10.0. The van der Waals surface area contributed by atoms with E-state index in [1.165, 1.54) is 0 Å². The highest BCUT2D eigenvalue weighted by Crippen LogP contribution is 2.26. The van der Waals surface area contributed by atoms with Crippen molar-refractivity contribution in [1.29, 1.82) is 0 Å². The summed E-state index contributed by atoms with van der Waals surface area (Å²) in [6.45, 7) is 4.53. The minimum Gasteiger partial charge on any atom is -0.858 e. The van der Waals surface area contributed by atoms with E-state index >= 15 is 0 Å². The second kappa shape index (κ2) is 12.3. The Morgan fingerprint density at radius 3 is 2.00 bits per heavy atom. The Bertz CT molecular complexity index is 1620. The van der Waals surface area contributed by atoms with Gasteiger partial charge in [-0.1, -0.05) is 72.8 Å². The molecule has 0 fully saturated rings. The molecule has 0 unspecified atom stereocenters. The zero-order valence-electron chi connectivity index (χ0n) is 22.8. The molecular weight excluding hydrogens is 496 g/mol. The van der Waals surface area contributed by atoms with Crippen LogP contribution in [0.1, 0.15) is 37.1 Å². The molecule has 0 radical (unpaired) electrons. The van der Waals surface area contributed by atoms with Crippen molar-refractivity contribution in [1.82, 2.24) is 0 Å². The molecule has 3 aromatic carbocycles. The Kier molecular flexibility index (Phi) is 8.26. The van der Waals surface area contributed by atoms with Crippen LogP contribution in [-0.2, 0) is 13.1 Å². The van der Waals surface area contributed by atoms with Crippen molar-refractivity contribution in [3.8, 4) is 11.1 Å². The van der Waals surface area contributed by atoms with Crippen LogP contribution in [-0.4, -0.2) is 16.9 Å². The van der Waals surface area contributed by atoms with Gasteiger partial charge in [0.2, 0.25) is 0 Å². The maximum absolute atomic E-state index is 12.7. The van der Waals surface area contributed by atoms with Crippen LogP contribution in [0.15, 0.2) is 127 Å². The van der Waals surface area contributed by atoms with Crippen molar-refractivity contribution >= 4 is 22.6 Å².